The molecular formula is C19H15FN6O2. The number of amides is 1. The van der Waals surface area contributed by atoms with Crippen LogP contribution in [0.5, 0.6) is 0 Å². The maximum absolute atomic E-state index is 13.3. The van der Waals surface area contributed by atoms with Crippen molar-refractivity contribution in [3.63, 3.8) is 0 Å². The molecule has 8 nitrogen and oxygen atoms in total. The van der Waals surface area contributed by atoms with Gasteiger partial charge < -0.3 is 9.84 Å². The summed E-state index contributed by atoms with van der Waals surface area (Å²) in [5, 5.41) is 14.4. The topological polar surface area (TPSA) is 98.7 Å². The molecule has 2 aromatic heterocycles. The Hall–Kier alpha value is -3.88. The molecular weight excluding hydrogens is 363 g/mol. The van der Waals surface area contributed by atoms with Gasteiger partial charge in [-0.3, -0.25) is 4.79 Å². The van der Waals surface area contributed by atoms with Gasteiger partial charge in [0, 0.05) is 5.69 Å². The molecule has 28 heavy (non-hydrogen) atoms. The summed E-state index contributed by atoms with van der Waals surface area (Å²) in [6.07, 6.45) is 1.64. The second-order valence-electron chi connectivity index (χ2n) is 6.23. The SMILES string of the molecule is Cc1ccc(-n2cc(-c3noc(C(=O)Nc4ccc(F)c(C)c4)n3)nn2)cc1. The van der Waals surface area contributed by atoms with Crippen LogP contribution in [0, 0.1) is 19.7 Å². The summed E-state index contributed by atoms with van der Waals surface area (Å²) in [4.78, 5) is 16.3. The third-order valence-electron chi connectivity index (χ3n) is 4.06. The van der Waals surface area contributed by atoms with Gasteiger partial charge in [0.15, 0.2) is 5.69 Å². The second kappa shape index (κ2) is 7.03. The molecule has 140 valence electrons. The van der Waals surface area contributed by atoms with Crippen LogP contribution in [0.25, 0.3) is 17.2 Å². The van der Waals surface area contributed by atoms with Gasteiger partial charge in [0.25, 0.3) is 0 Å². The molecule has 0 aliphatic carbocycles. The summed E-state index contributed by atoms with van der Waals surface area (Å²) in [6, 6.07) is 12.0. The minimum absolute atomic E-state index is 0.138. The van der Waals surface area contributed by atoms with Crippen molar-refractivity contribution in [2.75, 3.05) is 5.32 Å². The molecule has 2 heterocycles. The van der Waals surface area contributed by atoms with Crippen molar-refractivity contribution in [2.45, 2.75) is 13.8 Å². The average molecular weight is 378 g/mol. The van der Waals surface area contributed by atoms with Crippen molar-refractivity contribution in [1.82, 2.24) is 25.1 Å². The maximum atomic E-state index is 13.3. The summed E-state index contributed by atoms with van der Waals surface area (Å²) in [5.74, 6) is -1.05. The Morgan fingerprint density at radius 1 is 1.14 bits per heavy atom. The van der Waals surface area contributed by atoms with Gasteiger partial charge >= 0.3 is 11.8 Å². The molecule has 1 amide bonds. The van der Waals surface area contributed by atoms with Crippen LogP contribution in [0.4, 0.5) is 10.1 Å². The van der Waals surface area contributed by atoms with Crippen LogP contribution >= 0.6 is 0 Å². The smallest absolute Gasteiger partial charge is 0.316 e. The van der Waals surface area contributed by atoms with Crippen molar-refractivity contribution in [3.05, 3.63) is 71.5 Å². The molecule has 4 aromatic rings. The highest BCUT2D eigenvalue weighted by atomic mass is 19.1. The third kappa shape index (κ3) is 3.50. The van der Waals surface area contributed by atoms with Crippen molar-refractivity contribution in [3.8, 4) is 17.2 Å². The Labute approximate surface area is 159 Å². The van der Waals surface area contributed by atoms with E-state index in [9.17, 15) is 9.18 Å². The number of nitrogens with one attached hydrogen (secondary N) is 1. The third-order valence-corrected chi connectivity index (χ3v) is 4.06. The lowest BCUT2D eigenvalue weighted by Crippen LogP contribution is -2.12. The number of nitrogens with zero attached hydrogens (tertiary/aromatic N) is 5. The number of rotatable bonds is 4. The van der Waals surface area contributed by atoms with Crippen molar-refractivity contribution in [1.29, 1.82) is 0 Å². The van der Waals surface area contributed by atoms with E-state index >= 15 is 0 Å². The lowest BCUT2D eigenvalue weighted by Gasteiger charge is -2.03. The van der Waals surface area contributed by atoms with Crippen LogP contribution < -0.4 is 5.32 Å². The molecule has 0 aliphatic heterocycles. The first-order valence-electron chi connectivity index (χ1n) is 8.40. The van der Waals surface area contributed by atoms with Gasteiger partial charge in [-0.25, -0.2) is 9.07 Å². The number of hydrogen-bond donors (Lipinski definition) is 1. The van der Waals surface area contributed by atoms with E-state index in [1.807, 2.05) is 31.2 Å². The van der Waals surface area contributed by atoms with Crippen molar-refractivity contribution >= 4 is 11.6 Å². The predicted molar refractivity (Wildman–Crippen MR) is 98.5 cm³/mol. The number of aryl methyl sites for hydroxylation is 2. The van der Waals surface area contributed by atoms with Gasteiger partial charge in [-0.2, -0.15) is 4.98 Å². The first kappa shape index (κ1) is 17.5. The molecule has 1 N–H and O–H groups in total. The van der Waals surface area contributed by atoms with Crippen molar-refractivity contribution < 1.29 is 13.7 Å². The summed E-state index contributed by atoms with van der Waals surface area (Å²) in [5.41, 5.74) is 3.17. The monoisotopic (exact) mass is 378 g/mol. The van der Waals surface area contributed by atoms with Crippen LogP contribution in [-0.4, -0.2) is 31.0 Å². The first-order chi connectivity index (χ1) is 13.5. The van der Waals surface area contributed by atoms with Gasteiger partial charge in [0.1, 0.15) is 5.82 Å². The van der Waals surface area contributed by atoms with E-state index < -0.39 is 5.91 Å². The van der Waals surface area contributed by atoms with Crippen LogP contribution in [0.3, 0.4) is 0 Å². The summed E-state index contributed by atoms with van der Waals surface area (Å²) in [7, 11) is 0. The lowest BCUT2D eigenvalue weighted by atomic mass is 10.2. The fourth-order valence-electron chi connectivity index (χ4n) is 2.52. The van der Waals surface area contributed by atoms with Crippen LogP contribution in [-0.2, 0) is 0 Å². The second-order valence-corrected chi connectivity index (χ2v) is 6.23. The maximum Gasteiger partial charge on any atom is 0.316 e. The fourth-order valence-corrected chi connectivity index (χ4v) is 2.52. The van der Waals surface area contributed by atoms with Gasteiger partial charge in [-0.05, 0) is 49.7 Å². The number of hydrogen-bond acceptors (Lipinski definition) is 6. The number of carbonyl (C=O) groups is 1. The highest BCUT2D eigenvalue weighted by Crippen LogP contribution is 2.17. The number of aromatic nitrogens is 5. The number of carbonyl (C=O) groups excluding carboxylic acids is 1. The molecule has 2 aromatic carbocycles. The molecule has 0 atom stereocenters. The Morgan fingerprint density at radius 3 is 2.68 bits per heavy atom. The molecule has 9 heteroatoms. The highest BCUT2D eigenvalue weighted by Gasteiger charge is 2.18. The molecule has 0 aliphatic rings. The van der Waals surface area contributed by atoms with E-state index in [4.69, 9.17) is 4.52 Å². The average Bonchev–Trinajstić information content (AvgIpc) is 3.35. The minimum Gasteiger partial charge on any atom is -0.328 e. The zero-order valence-corrected chi connectivity index (χ0v) is 15.0. The molecule has 0 fully saturated rings. The number of anilines is 1. The Balaban J connectivity index is 1.52. The number of benzene rings is 2. The zero-order valence-electron chi connectivity index (χ0n) is 15.0. The Kier molecular flexibility index (Phi) is 4.40. The highest BCUT2D eigenvalue weighted by molar-refractivity contribution is 6.01. The van der Waals surface area contributed by atoms with Gasteiger partial charge in [0.2, 0.25) is 5.82 Å². The predicted octanol–water partition coefficient (Wildman–Crippen LogP) is 3.33. The lowest BCUT2D eigenvalue weighted by molar-refractivity contribution is 0.0981. The minimum atomic E-state index is -0.601. The summed E-state index contributed by atoms with van der Waals surface area (Å²) in [6.45, 7) is 3.60. The molecule has 4 rings (SSSR count). The van der Waals surface area contributed by atoms with E-state index in [0.29, 0.717) is 16.9 Å². The zero-order chi connectivity index (χ0) is 19.7. The van der Waals surface area contributed by atoms with Crippen LogP contribution in [0.2, 0.25) is 0 Å². The molecule has 0 spiro atoms. The van der Waals surface area contributed by atoms with Gasteiger partial charge in [0.05, 0.1) is 11.9 Å². The normalized spacial score (nSPS) is 10.8. The summed E-state index contributed by atoms with van der Waals surface area (Å²) < 4.78 is 19.9. The van der Waals surface area contributed by atoms with E-state index in [1.165, 1.54) is 18.2 Å². The van der Waals surface area contributed by atoms with Crippen molar-refractivity contribution in [2.24, 2.45) is 0 Å². The summed E-state index contributed by atoms with van der Waals surface area (Å²) >= 11 is 0. The Bertz CT molecular complexity index is 1150. The molecule has 0 unspecified atom stereocenters. The standard InChI is InChI=1S/C19H15FN6O2/c1-11-3-6-14(7-4-11)26-10-16(23-25-26)17-22-19(28-24-17)18(27)21-13-5-8-15(20)12(2)9-13/h3-10H,1-2H3,(H,21,27). The van der Waals surface area contributed by atoms with Gasteiger partial charge in [-0.15, -0.1) is 5.10 Å². The molecule has 0 saturated heterocycles. The molecule has 0 radical (unpaired) electrons. The van der Waals surface area contributed by atoms with E-state index in [2.05, 4.69) is 25.8 Å². The Morgan fingerprint density at radius 2 is 1.93 bits per heavy atom. The van der Waals surface area contributed by atoms with E-state index in [1.54, 1.807) is 17.8 Å². The first-order valence-corrected chi connectivity index (χ1v) is 8.40. The molecule has 0 bridgehead atoms. The van der Waals surface area contributed by atoms with Crippen LogP contribution in [0.1, 0.15) is 21.8 Å². The largest absolute Gasteiger partial charge is 0.328 e. The van der Waals surface area contributed by atoms with E-state index in [0.717, 1.165) is 11.3 Å². The van der Waals surface area contributed by atoms with Crippen LogP contribution in [0.15, 0.2) is 53.2 Å². The quantitative estimate of drug-likeness (QED) is 0.585. The fraction of sp³-hybridized carbons (Fsp3) is 0.105. The molecule has 0 saturated carbocycles. The van der Waals surface area contributed by atoms with Gasteiger partial charge in [-0.1, -0.05) is 28.1 Å². The van der Waals surface area contributed by atoms with E-state index in [-0.39, 0.29) is 17.5 Å². The number of halogens is 1.